The van der Waals surface area contributed by atoms with Crippen LogP contribution in [0, 0.1) is 0 Å². The van der Waals surface area contributed by atoms with Gasteiger partial charge in [-0.3, -0.25) is 23.8 Å². The van der Waals surface area contributed by atoms with E-state index in [1.807, 2.05) is 44.2 Å². The van der Waals surface area contributed by atoms with Gasteiger partial charge >= 0.3 is 13.7 Å². The summed E-state index contributed by atoms with van der Waals surface area (Å²) in [6.45, 7) is 6.73. The maximum absolute atomic E-state index is 13.2. The van der Waals surface area contributed by atoms with Crippen LogP contribution in [0.1, 0.15) is 71.8 Å². The van der Waals surface area contributed by atoms with Gasteiger partial charge in [-0.25, -0.2) is 4.79 Å². The molecule has 0 aliphatic carbocycles. The molecule has 0 bridgehead atoms. The maximum atomic E-state index is 13.2. The summed E-state index contributed by atoms with van der Waals surface area (Å²) < 4.78 is 16.8. The van der Waals surface area contributed by atoms with Gasteiger partial charge in [0.25, 0.3) is 0 Å². The van der Waals surface area contributed by atoms with Crippen LogP contribution in [0.15, 0.2) is 30.3 Å². The summed E-state index contributed by atoms with van der Waals surface area (Å²) in [5.41, 5.74) is 0.802. The van der Waals surface area contributed by atoms with E-state index in [4.69, 9.17) is 4.74 Å². The van der Waals surface area contributed by atoms with Crippen LogP contribution in [0.25, 0.3) is 0 Å². The van der Waals surface area contributed by atoms with Crippen molar-refractivity contribution >= 4 is 31.4 Å². The lowest BCUT2D eigenvalue weighted by molar-refractivity contribution is -0.133. The number of hydrogen-bond donors (Lipinski definition) is 5. The molecule has 4 atom stereocenters. The molecule has 39 heavy (non-hydrogen) atoms. The second kappa shape index (κ2) is 16.9. The lowest BCUT2D eigenvalue weighted by Gasteiger charge is -2.29. The van der Waals surface area contributed by atoms with Crippen molar-refractivity contribution in [3.8, 4) is 0 Å². The second-order valence-electron chi connectivity index (χ2n) is 9.43. The van der Waals surface area contributed by atoms with E-state index in [-0.39, 0.29) is 19.4 Å². The molecule has 13 heteroatoms. The molecule has 220 valence electrons. The Morgan fingerprint density at radius 1 is 0.846 bits per heavy atom. The summed E-state index contributed by atoms with van der Waals surface area (Å²) in [6, 6.07) is 6.22. The Hall–Kier alpha value is -2.95. The van der Waals surface area contributed by atoms with E-state index < -0.39 is 55.3 Å². The number of hydrogen-bond acceptors (Lipinski definition) is 6. The highest BCUT2D eigenvalue weighted by Gasteiger charge is 2.33. The molecule has 0 unspecified atom stereocenters. The van der Waals surface area contributed by atoms with Gasteiger partial charge in [0.1, 0.15) is 30.5 Å². The van der Waals surface area contributed by atoms with Gasteiger partial charge in [0.05, 0.1) is 0 Å². The van der Waals surface area contributed by atoms with Crippen LogP contribution in [0.2, 0.25) is 0 Å². The first-order valence-corrected chi connectivity index (χ1v) is 14.9. The van der Waals surface area contributed by atoms with Crippen molar-refractivity contribution in [1.82, 2.24) is 20.9 Å². The fraction of sp³-hybridized carbons (Fsp3) is 0.615. The van der Waals surface area contributed by atoms with E-state index in [0.717, 1.165) is 5.56 Å². The lowest BCUT2D eigenvalue weighted by Crippen LogP contribution is -2.57. The predicted octanol–water partition coefficient (Wildman–Crippen LogP) is 2.63. The highest BCUT2D eigenvalue weighted by Crippen LogP contribution is 2.39. The topological polar surface area (TPSA) is 174 Å². The number of benzene rings is 1. The number of amides is 4. The van der Waals surface area contributed by atoms with Gasteiger partial charge in [-0.05, 0) is 31.7 Å². The highest BCUT2D eigenvalue weighted by molar-refractivity contribution is 7.52. The number of carbonyl (C=O) groups is 4. The summed E-state index contributed by atoms with van der Waals surface area (Å²) in [7, 11) is -3.09. The van der Waals surface area contributed by atoms with E-state index in [1.54, 1.807) is 6.92 Å². The lowest BCUT2D eigenvalue weighted by atomic mass is 10.1. The summed E-state index contributed by atoms with van der Waals surface area (Å²) in [5.74, 6) is -3.28. The smallest absolute Gasteiger partial charge is 0.410 e. The molecule has 0 saturated heterocycles. The molecule has 0 saturated carbocycles. The highest BCUT2D eigenvalue weighted by atomic mass is 31.2. The van der Waals surface area contributed by atoms with Crippen LogP contribution >= 0.6 is 7.60 Å². The van der Waals surface area contributed by atoms with Crippen molar-refractivity contribution in [2.75, 3.05) is 7.05 Å². The van der Waals surface area contributed by atoms with E-state index in [9.17, 15) is 33.5 Å². The van der Waals surface area contributed by atoms with Gasteiger partial charge in [-0.1, -0.05) is 70.4 Å². The molecule has 0 spiro atoms. The van der Waals surface area contributed by atoms with Gasteiger partial charge in [-0.15, -0.1) is 0 Å². The van der Waals surface area contributed by atoms with Crippen molar-refractivity contribution in [3.05, 3.63) is 35.9 Å². The first kappa shape index (κ1) is 34.1. The van der Waals surface area contributed by atoms with Crippen LogP contribution < -0.4 is 16.0 Å². The van der Waals surface area contributed by atoms with Crippen molar-refractivity contribution in [2.24, 2.45) is 0 Å². The van der Waals surface area contributed by atoms with Gasteiger partial charge in [0, 0.05) is 7.05 Å². The summed E-state index contributed by atoms with van der Waals surface area (Å²) in [5, 5.41) is 7.55. The number of nitrogens with one attached hydrogen (secondary N) is 3. The zero-order valence-corrected chi connectivity index (χ0v) is 24.3. The average Bonchev–Trinajstić information content (AvgIpc) is 2.89. The third kappa shape index (κ3) is 11.8. The van der Waals surface area contributed by atoms with E-state index >= 15 is 0 Å². The number of rotatable bonds is 16. The van der Waals surface area contributed by atoms with Crippen LogP contribution in [-0.2, 0) is 30.3 Å². The maximum Gasteiger partial charge on any atom is 0.410 e. The molecule has 0 radical (unpaired) electrons. The molecule has 1 rings (SSSR count). The molecule has 0 aliphatic rings. The normalized spacial score (nSPS) is 14.3. The monoisotopic (exact) mass is 570 g/mol. The SMILES string of the molecule is CCC[C@H](NC(=O)[C@H](CCC)NC(=O)[C@H](CCC)N(C)C(=O)OCc1ccccc1)C(=O)N[C@@H](C)P(=O)(O)O. The fourth-order valence-corrected chi connectivity index (χ4v) is 4.06. The van der Waals surface area contributed by atoms with Crippen LogP contribution in [0.4, 0.5) is 4.79 Å². The first-order chi connectivity index (χ1) is 18.3. The Bertz CT molecular complexity index is 987. The van der Waals surface area contributed by atoms with Crippen molar-refractivity contribution < 1.29 is 38.3 Å². The Morgan fingerprint density at radius 3 is 1.82 bits per heavy atom. The van der Waals surface area contributed by atoms with Crippen molar-refractivity contribution in [2.45, 2.75) is 96.7 Å². The second-order valence-corrected chi connectivity index (χ2v) is 11.4. The van der Waals surface area contributed by atoms with Gasteiger partial charge in [0.15, 0.2) is 0 Å². The largest absolute Gasteiger partial charge is 0.445 e. The number of likely N-dealkylation sites (N-methyl/N-ethyl adjacent to an activating group) is 1. The van der Waals surface area contributed by atoms with E-state index in [1.165, 1.54) is 18.9 Å². The molecule has 5 N–H and O–H groups in total. The summed E-state index contributed by atoms with van der Waals surface area (Å²) in [4.78, 5) is 71.4. The quantitative estimate of drug-likeness (QED) is 0.189. The molecular formula is C26H43N4O8P. The molecule has 0 aliphatic heterocycles. The van der Waals surface area contributed by atoms with E-state index in [0.29, 0.717) is 25.7 Å². The fourth-order valence-electron chi connectivity index (χ4n) is 3.77. The standard InChI is InChI=1S/C26H43N4O8P/c1-6-12-20(23(31)27-18(4)39(35,36)37)28-24(32)21(13-7-2)29-25(33)22(14-8-3)30(5)26(34)38-17-19-15-10-9-11-16-19/h9-11,15-16,18,20-22H,6-8,12-14,17H2,1-5H3,(H,27,31)(H,28,32)(H,29,33)(H2,35,36,37)/t18-,20+,21+,22+/m1/s1. The van der Waals surface area contributed by atoms with Crippen LogP contribution in [0.3, 0.4) is 0 Å². The zero-order chi connectivity index (χ0) is 29.6. The zero-order valence-electron chi connectivity index (χ0n) is 23.4. The van der Waals surface area contributed by atoms with Crippen LogP contribution in [0.5, 0.6) is 0 Å². The number of nitrogens with zero attached hydrogens (tertiary/aromatic N) is 1. The molecule has 1 aromatic carbocycles. The van der Waals surface area contributed by atoms with Crippen LogP contribution in [-0.4, -0.2) is 69.5 Å². The third-order valence-corrected chi connectivity index (χ3v) is 7.24. The molecule has 4 amide bonds. The molecule has 0 aromatic heterocycles. The Balaban J connectivity index is 2.92. The third-order valence-electron chi connectivity index (χ3n) is 6.10. The Morgan fingerprint density at radius 2 is 1.33 bits per heavy atom. The molecule has 12 nitrogen and oxygen atoms in total. The predicted molar refractivity (Wildman–Crippen MR) is 146 cm³/mol. The molecule has 1 aromatic rings. The first-order valence-electron chi connectivity index (χ1n) is 13.2. The van der Waals surface area contributed by atoms with Crippen molar-refractivity contribution in [3.63, 3.8) is 0 Å². The summed E-state index contributed by atoms with van der Waals surface area (Å²) >= 11 is 0. The Kier molecular flexibility index (Phi) is 14.8. The minimum Gasteiger partial charge on any atom is -0.445 e. The van der Waals surface area contributed by atoms with E-state index in [2.05, 4.69) is 16.0 Å². The number of ether oxygens (including phenoxy) is 1. The Labute approximate surface area is 230 Å². The average molecular weight is 571 g/mol. The van der Waals surface area contributed by atoms with Gasteiger partial charge in [0.2, 0.25) is 17.7 Å². The minimum absolute atomic E-state index is 0.0485. The van der Waals surface area contributed by atoms with Gasteiger partial charge < -0.3 is 30.5 Å². The summed E-state index contributed by atoms with van der Waals surface area (Å²) in [6.07, 6.45) is 1.82. The molecule has 0 fully saturated rings. The van der Waals surface area contributed by atoms with Crippen molar-refractivity contribution in [1.29, 1.82) is 0 Å². The minimum atomic E-state index is -4.55. The number of carbonyl (C=O) groups excluding carboxylic acids is 4. The molecular weight excluding hydrogens is 527 g/mol. The van der Waals surface area contributed by atoms with Gasteiger partial charge in [-0.2, -0.15) is 0 Å². The molecule has 0 heterocycles.